The summed E-state index contributed by atoms with van der Waals surface area (Å²) >= 11 is 0. The molecule has 9 heteroatoms. The van der Waals surface area contributed by atoms with Gasteiger partial charge in [-0.2, -0.15) is 10.4 Å². The lowest BCUT2D eigenvalue weighted by Crippen LogP contribution is -2.13. The fourth-order valence-corrected chi connectivity index (χ4v) is 3.93. The smallest absolute Gasteiger partial charge is 0.354 e. The number of rotatable bonds is 6. The van der Waals surface area contributed by atoms with Gasteiger partial charge in [-0.3, -0.25) is 9.48 Å². The number of aromatic nitrogens is 4. The predicted molar refractivity (Wildman–Crippen MR) is 114 cm³/mol. The summed E-state index contributed by atoms with van der Waals surface area (Å²) in [5, 5.41) is 27.5. The van der Waals surface area contributed by atoms with E-state index in [-0.39, 0.29) is 17.3 Å². The Bertz CT molecular complexity index is 1430. The van der Waals surface area contributed by atoms with E-state index in [0.29, 0.717) is 40.3 Å². The van der Waals surface area contributed by atoms with Crippen LogP contribution in [0.3, 0.4) is 0 Å². The third-order valence-corrected chi connectivity index (χ3v) is 5.58. The number of carboxylic acids is 1. The van der Waals surface area contributed by atoms with Crippen LogP contribution in [0.1, 0.15) is 35.8 Å². The summed E-state index contributed by atoms with van der Waals surface area (Å²) in [5.74, 6) is -0.275. The minimum absolute atomic E-state index is 0.0203. The highest BCUT2D eigenvalue weighted by atomic mass is 16.4. The number of hydrogen-bond donors (Lipinski definition) is 3. The number of H-pyrrole nitrogens is 1. The molecular formula is C22H18N6O3. The number of nitriles is 1. The largest absolute Gasteiger partial charge is 0.477 e. The number of nitrogens with one attached hydrogen (secondary N) is 2. The van der Waals surface area contributed by atoms with Crippen LogP contribution in [0, 0.1) is 17.2 Å². The van der Waals surface area contributed by atoms with Crippen molar-refractivity contribution in [2.24, 2.45) is 5.92 Å². The fourth-order valence-electron chi connectivity index (χ4n) is 3.93. The zero-order valence-corrected chi connectivity index (χ0v) is 16.4. The Kier molecular flexibility index (Phi) is 4.40. The Morgan fingerprint density at radius 3 is 2.90 bits per heavy atom. The number of anilines is 2. The maximum absolute atomic E-state index is 12.6. The number of carbonyl (C=O) groups is 1. The van der Waals surface area contributed by atoms with E-state index in [4.69, 9.17) is 5.11 Å². The van der Waals surface area contributed by atoms with Gasteiger partial charge in [0.25, 0.3) is 5.56 Å². The molecular weight excluding hydrogens is 396 g/mol. The number of nitrogens with zero attached hydrogens (tertiary/aromatic N) is 4. The van der Waals surface area contributed by atoms with Crippen LogP contribution in [0.2, 0.25) is 0 Å². The summed E-state index contributed by atoms with van der Waals surface area (Å²) in [6.45, 7) is 0. The molecule has 1 unspecified atom stereocenters. The summed E-state index contributed by atoms with van der Waals surface area (Å²) in [4.78, 5) is 30.6. The monoisotopic (exact) mass is 414 g/mol. The van der Waals surface area contributed by atoms with Crippen molar-refractivity contribution >= 4 is 39.3 Å². The van der Waals surface area contributed by atoms with Gasteiger partial charge in [0.2, 0.25) is 0 Å². The number of carboxylic acid groups (broad SMARTS) is 1. The Morgan fingerprint density at radius 2 is 2.16 bits per heavy atom. The molecule has 3 aromatic heterocycles. The van der Waals surface area contributed by atoms with Gasteiger partial charge in [0.05, 0.1) is 29.6 Å². The second-order valence-electron chi connectivity index (χ2n) is 7.66. The Labute approximate surface area is 176 Å². The quantitative estimate of drug-likeness (QED) is 0.438. The third kappa shape index (κ3) is 3.38. The van der Waals surface area contributed by atoms with Crippen LogP contribution in [0.5, 0.6) is 0 Å². The molecule has 5 rings (SSSR count). The van der Waals surface area contributed by atoms with E-state index in [9.17, 15) is 14.9 Å². The van der Waals surface area contributed by atoms with Gasteiger partial charge in [-0.05, 0) is 49.1 Å². The lowest BCUT2D eigenvalue weighted by atomic mass is 10.1. The molecule has 1 atom stereocenters. The van der Waals surface area contributed by atoms with E-state index in [1.165, 1.54) is 6.07 Å². The number of aromatic amines is 1. The van der Waals surface area contributed by atoms with Crippen molar-refractivity contribution in [2.45, 2.75) is 25.3 Å². The molecule has 0 spiro atoms. The number of aromatic carboxylic acids is 1. The molecule has 0 saturated heterocycles. The van der Waals surface area contributed by atoms with E-state index in [0.717, 1.165) is 18.2 Å². The molecule has 1 aliphatic carbocycles. The summed E-state index contributed by atoms with van der Waals surface area (Å²) in [6, 6.07) is 12.4. The Morgan fingerprint density at radius 1 is 1.32 bits per heavy atom. The molecule has 1 aliphatic rings. The molecule has 154 valence electrons. The van der Waals surface area contributed by atoms with Crippen LogP contribution in [-0.2, 0) is 0 Å². The second kappa shape index (κ2) is 7.25. The van der Waals surface area contributed by atoms with Gasteiger partial charge in [0.15, 0.2) is 5.82 Å². The normalized spacial score (nSPS) is 14.4. The first-order valence-electron chi connectivity index (χ1n) is 9.93. The highest BCUT2D eigenvalue weighted by Gasteiger charge is 2.34. The molecule has 1 aromatic carbocycles. The maximum atomic E-state index is 12.6. The van der Waals surface area contributed by atoms with E-state index >= 15 is 0 Å². The molecule has 9 nitrogen and oxygen atoms in total. The van der Waals surface area contributed by atoms with Crippen LogP contribution < -0.4 is 10.9 Å². The molecule has 3 heterocycles. The molecule has 0 amide bonds. The summed E-state index contributed by atoms with van der Waals surface area (Å²) in [5.41, 5.74) is 1.66. The molecule has 31 heavy (non-hydrogen) atoms. The average Bonchev–Trinajstić information content (AvgIpc) is 3.54. The van der Waals surface area contributed by atoms with Gasteiger partial charge in [0.1, 0.15) is 11.1 Å². The number of fused-ring (bicyclic) bond motifs is 2. The van der Waals surface area contributed by atoms with Crippen molar-refractivity contribution in [3.8, 4) is 6.07 Å². The standard InChI is InChI=1S/C22H18N6O3/c23-9-7-17(12-1-2-12)28-18-8-10-24-21(29)19(18)20(27-28)25-14-4-6-15-13(11-14)3-5-16(26-15)22(30)31/h3-6,8,10-12,17H,1-2,7H2,(H,24,29)(H,25,27)(H,30,31). The van der Waals surface area contributed by atoms with Gasteiger partial charge < -0.3 is 15.4 Å². The first kappa shape index (κ1) is 18.8. The molecule has 0 bridgehead atoms. The topological polar surface area (TPSA) is 137 Å². The summed E-state index contributed by atoms with van der Waals surface area (Å²) < 4.78 is 1.80. The van der Waals surface area contributed by atoms with Crippen LogP contribution in [0.15, 0.2) is 47.4 Å². The minimum atomic E-state index is -1.08. The molecule has 1 saturated carbocycles. The fraction of sp³-hybridized carbons (Fsp3) is 0.227. The first-order chi connectivity index (χ1) is 15.0. The summed E-state index contributed by atoms with van der Waals surface area (Å²) in [6.07, 6.45) is 4.03. The molecule has 3 N–H and O–H groups in total. The first-order valence-corrected chi connectivity index (χ1v) is 9.93. The number of hydrogen-bond acceptors (Lipinski definition) is 6. The SMILES string of the molecule is N#CCC(C1CC1)n1nc(Nc2ccc3nc(C(=O)O)ccc3c2)c2c(=O)[nH]ccc21. The molecule has 4 aromatic rings. The van der Waals surface area contributed by atoms with Gasteiger partial charge in [0, 0.05) is 17.3 Å². The van der Waals surface area contributed by atoms with Crippen LogP contribution in [0.25, 0.3) is 21.8 Å². The highest BCUT2D eigenvalue weighted by molar-refractivity contribution is 5.93. The lowest BCUT2D eigenvalue weighted by molar-refractivity contribution is 0.0691. The second-order valence-corrected chi connectivity index (χ2v) is 7.66. The van der Waals surface area contributed by atoms with Crippen LogP contribution >= 0.6 is 0 Å². The van der Waals surface area contributed by atoms with E-state index in [2.05, 4.69) is 26.5 Å². The molecule has 0 aliphatic heterocycles. The van der Waals surface area contributed by atoms with E-state index in [1.807, 2.05) is 6.07 Å². The Balaban J connectivity index is 1.57. The minimum Gasteiger partial charge on any atom is -0.477 e. The Hall–Kier alpha value is -4.19. The lowest BCUT2D eigenvalue weighted by Gasteiger charge is -2.14. The number of benzene rings is 1. The van der Waals surface area contributed by atoms with Crippen molar-refractivity contribution in [2.75, 3.05) is 5.32 Å². The molecule has 1 fully saturated rings. The third-order valence-electron chi connectivity index (χ3n) is 5.58. The van der Waals surface area contributed by atoms with Crippen molar-refractivity contribution in [1.82, 2.24) is 19.7 Å². The maximum Gasteiger partial charge on any atom is 0.354 e. The van der Waals surface area contributed by atoms with Crippen molar-refractivity contribution in [1.29, 1.82) is 5.26 Å². The summed E-state index contributed by atoms with van der Waals surface area (Å²) in [7, 11) is 0. The molecule has 0 radical (unpaired) electrons. The van der Waals surface area contributed by atoms with Crippen molar-refractivity contribution in [3.63, 3.8) is 0 Å². The van der Waals surface area contributed by atoms with Gasteiger partial charge in [-0.15, -0.1) is 0 Å². The zero-order chi connectivity index (χ0) is 21.5. The zero-order valence-electron chi connectivity index (χ0n) is 16.4. The van der Waals surface area contributed by atoms with Crippen molar-refractivity contribution in [3.05, 3.63) is 58.6 Å². The average molecular weight is 414 g/mol. The van der Waals surface area contributed by atoms with Gasteiger partial charge in [-0.25, -0.2) is 9.78 Å². The van der Waals surface area contributed by atoms with E-state index in [1.54, 1.807) is 35.1 Å². The highest BCUT2D eigenvalue weighted by Crippen LogP contribution is 2.43. The van der Waals surface area contributed by atoms with E-state index < -0.39 is 5.97 Å². The van der Waals surface area contributed by atoms with Crippen molar-refractivity contribution < 1.29 is 9.90 Å². The van der Waals surface area contributed by atoms with Gasteiger partial charge >= 0.3 is 5.97 Å². The predicted octanol–water partition coefficient (Wildman–Crippen LogP) is 3.58. The van der Waals surface area contributed by atoms with Crippen LogP contribution in [0.4, 0.5) is 11.5 Å². The van der Waals surface area contributed by atoms with Gasteiger partial charge in [-0.1, -0.05) is 6.07 Å². The number of pyridine rings is 2. The van der Waals surface area contributed by atoms with Crippen LogP contribution in [-0.4, -0.2) is 30.8 Å².